The average molecular weight is 322 g/mol. The molecule has 0 radical (unpaired) electrons. The van der Waals surface area contributed by atoms with Crippen LogP contribution >= 0.6 is 23.8 Å². The van der Waals surface area contributed by atoms with Gasteiger partial charge in [0.25, 0.3) is 5.91 Å². The molecule has 0 bridgehead atoms. The second-order valence-electron chi connectivity index (χ2n) is 4.10. The number of hydrogen-bond donors (Lipinski definition) is 2. The van der Waals surface area contributed by atoms with Crippen LogP contribution < -0.4 is 15.8 Å². The van der Waals surface area contributed by atoms with E-state index in [1.54, 1.807) is 24.3 Å². The van der Waals surface area contributed by atoms with E-state index in [0.717, 1.165) is 0 Å². The van der Waals surface area contributed by atoms with Crippen LogP contribution in [0.5, 0.6) is 5.75 Å². The van der Waals surface area contributed by atoms with Gasteiger partial charge in [0.1, 0.15) is 16.4 Å². The van der Waals surface area contributed by atoms with E-state index in [2.05, 4.69) is 10.3 Å². The van der Waals surface area contributed by atoms with Crippen LogP contribution in [0.2, 0.25) is 5.02 Å². The number of benzene rings is 1. The number of rotatable bonds is 4. The summed E-state index contributed by atoms with van der Waals surface area (Å²) >= 11 is 10.6. The highest BCUT2D eigenvalue weighted by Crippen LogP contribution is 2.26. The Labute approximate surface area is 132 Å². The van der Waals surface area contributed by atoms with Crippen molar-refractivity contribution in [1.29, 1.82) is 0 Å². The molecule has 0 aliphatic heterocycles. The van der Waals surface area contributed by atoms with Gasteiger partial charge in [-0.1, -0.05) is 23.8 Å². The predicted molar refractivity (Wildman–Crippen MR) is 86.1 cm³/mol. The number of aromatic nitrogens is 1. The molecular weight excluding hydrogens is 310 g/mol. The molecule has 2 rings (SSSR count). The zero-order valence-corrected chi connectivity index (χ0v) is 12.7. The number of amides is 1. The first kappa shape index (κ1) is 15.2. The van der Waals surface area contributed by atoms with E-state index in [0.29, 0.717) is 22.0 Å². The highest BCUT2D eigenvalue weighted by atomic mass is 35.5. The number of carbonyl (C=O) groups excluding carboxylic acids is 1. The minimum atomic E-state index is -0.368. The van der Waals surface area contributed by atoms with Crippen LogP contribution in [0.15, 0.2) is 36.5 Å². The van der Waals surface area contributed by atoms with Gasteiger partial charge in [-0.15, -0.1) is 0 Å². The van der Waals surface area contributed by atoms with E-state index >= 15 is 0 Å². The highest BCUT2D eigenvalue weighted by molar-refractivity contribution is 7.80. The summed E-state index contributed by atoms with van der Waals surface area (Å²) in [6, 6.07) is 8.16. The van der Waals surface area contributed by atoms with E-state index in [-0.39, 0.29) is 16.6 Å². The maximum atomic E-state index is 12.1. The summed E-state index contributed by atoms with van der Waals surface area (Å²) in [5, 5.41) is 3.17. The van der Waals surface area contributed by atoms with Crippen molar-refractivity contribution in [2.24, 2.45) is 5.73 Å². The van der Waals surface area contributed by atoms with Gasteiger partial charge in [-0.05, 0) is 30.3 Å². The van der Waals surface area contributed by atoms with Gasteiger partial charge >= 0.3 is 0 Å². The molecule has 7 heteroatoms. The molecule has 0 aliphatic rings. The molecule has 0 fully saturated rings. The Balaban J connectivity index is 2.24. The van der Waals surface area contributed by atoms with Gasteiger partial charge in [-0.25, -0.2) is 4.98 Å². The fourth-order valence-corrected chi connectivity index (χ4v) is 1.88. The molecule has 1 aromatic carbocycles. The van der Waals surface area contributed by atoms with Gasteiger partial charge in [-0.3, -0.25) is 4.79 Å². The van der Waals surface area contributed by atoms with E-state index in [4.69, 9.17) is 34.3 Å². The quantitative estimate of drug-likeness (QED) is 0.846. The van der Waals surface area contributed by atoms with Crippen LogP contribution in [0, 0.1) is 0 Å². The summed E-state index contributed by atoms with van der Waals surface area (Å²) in [7, 11) is 1.49. The van der Waals surface area contributed by atoms with E-state index < -0.39 is 0 Å². The number of carbonyl (C=O) groups is 1. The van der Waals surface area contributed by atoms with Crippen LogP contribution in [0.1, 0.15) is 16.1 Å². The van der Waals surface area contributed by atoms with Crippen LogP contribution in [-0.2, 0) is 0 Å². The van der Waals surface area contributed by atoms with Crippen LogP contribution in [-0.4, -0.2) is 23.0 Å². The minimum Gasteiger partial charge on any atom is -0.495 e. The molecule has 2 aromatic rings. The van der Waals surface area contributed by atoms with Gasteiger partial charge in [-0.2, -0.15) is 0 Å². The van der Waals surface area contributed by atoms with Crippen molar-refractivity contribution in [2.75, 3.05) is 12.4 Å². The Kier molecular flexibility index (Phi) is 4.72. The summed E-state index contributed by atoms with van der Waals surface area (Å²) < 4.78 is 5.22. The average Bonchev–Trinajstić information content (AvgIpc) is 2.48. The molecule has 0 spiro atoms. The first-order valence-corrected chi connectivity index (χ1v) is 6.70. The molecular formula is C14H12ClN3O2S. The molecule has 0 saturated carbocycles. The van der Waals surface area contributed by atoms with E-state index in [1.807, 2.05) is 0 Å². The Hall–Kier alpha value is -2.18. The summed E-state index contributed by atoms with van der Waals surface area (Å²) in [6.45, 7) is 0. The molecule has 1 aromatic heterocycles. The number of nitrogens with two attached hydrogens (primary N) is 1. The highest BCUT2D eigenvalue weighted by Gasteiger charge is 2.12. The lowest BCUT2D eigenvalue weighted by molar-refractivity contribution is 0.102. The lowest BCUT2D eigenvalue weighted by Crippen LogP contribution is -2.15. The Morgan fingerprint density at radius 2 is 2.14 bits per heavy atom. The largest absolute Gasteiger partial charge is 0.495 e. The molecule has 0 atom stereocenters. The maximum Gasteiger partial charge on any atom is 0.274 e. The molecule has 21 heavy (non-hydrogen) atoms. The number of hydrogen-bond acceptors (Lipinski definition) is 4. The minimum absolute atomic E-state index is 0.250. The molecule has 108 valence electrons. The van der Waals surface area contributed by atoms with Crippen molar-refractivity contribution in [1.82, 2.24) is 4.98 Å². The van der Waals surface area contributed by atoms with Gasteiger partial charge in [0.2, 0.25) is 0 Å². The molecule has 5 nitrogen and oxygen atoms in total. The number of halogens is 1. The number of thiocarbonyl (C=S) groups is 1. The van der Waals surface area contributed by atoms with Gasteiger partial charge < -0.3 is 15.8 Å². The number of nitrogens with one attached hydrogen (secondary N) is 1. The lowest BCUT2D eigenvalue weighted by Gasteiger charge is -2.11. The van der Waals surface area contributed by atoms with Gasteiger partial charge in [0, 0.05) is 11.8 Å². The molecule has 1 amide bonds. The number of methoxy groups -OCH3 is 1. The summed E-state index contributed by atoms with van der Waals surface area (Å²) in [5.41, 5.74) is 6.97. The summed E-state index contributed by atoms with van der Waals surface area (Å²) in [4.78, 5) is 16.3. The van der Waals surface area contributed by atoms with Crippen LogP contribution in [0.3, 0.4) is 0 Å². The van der Waals surface area contributed by atoms with Crippen molar-refractivity contribution in [2.45, 2.75) is 0 Å². The third kappa shape index (κ3) is 3.68. The lowest BCUT2D eigenvalue weighted by atomic mass is 10.2. The SMILES string of the molecule is COc1cc(C(N)=S)ccc1NC(=O)c1ccc(Cl)cn1. The number of anilines is 1. The molecule has 0 unspecified atom stereocenters. The van der Waals surface area contributed by atoms with Crippen molar-refractivity contribution in [3.63, 3.8) is 0 Å². The molecule has 0 aliphatic carbocycles. The second-order valence-corrected chi connectivity index (χ2v) is 4.97. The second kappa shape index (κ2) is 6.51. The smallest absolute Gasteiger partial charge is 0.274 e. The summed E-state index contributed by atoms with van der Waals surface area (Å²) in [6.07, 6.45) is 1.41. The van der Waals surface area contributed by atoms with Gasteiger partial charge in [0.15, 0.2) is 0 Å². The van der Waals surface area contributed by atoms with Gasteiger partial charge in [0.05, 0.1) is 17.8 Å². The van der Waals surface area contributed by atoms with Crippen molar-refractivity contribution < 1.29 is 9.53 Å². The summed E-state index contributed by atoms with van der Waals surface area (Å²) in [5.74, 6) is 0.0932. The zero-order chi connectivity index (χ0) is 15.4. The fourth-order valence-electron chi connectivity index (χ4n) is 1.64. The van der Waals surface area contributed by atoms with Crippen LogP contribution in [0.4, 0.5) is 5.69 Å². The fraction of sp³-hybridized carbons (Fsp3) is 0.0714. The van der Waals surface area contributed by atoms with E-state index in [9.17, 15) is 4.79 Å². The van der Waals surface area contributed by atoms with Crippen molar-refractivity contribution >= 4 is 40.4 Å². The zero-order valence-electron chi connectivity index (χ0n) is 11.1. The van der Waals surface area contributed by atoms with Crippen LogP contribution in [0.25, 0.3) is 0 Å². The molecule has 0 saturated heterocycles. The first-order valence-electron chi connectivity index (χ1n) is 5.92. The third-order valence-corrected chi connectivity index (χ3v) is 3.15. The Bertz CT molecular complexity index is 689. The normalized spacial score (nSPS) is 10.0. The Morgan fingerprint density at radius 1 is 1.38 bits per heavy atom. The number of ether oxygens (including phenoxy) is 1. The predicted octanol–water partition coefficient (Wildman–Crippen LogP) is 2.63. The topological polar surface area (TPSA) is 77.2 Å². The van der Waals surface area contributed by atoms with E-state index in [1.165, 1.54) is 19.4 Å². The maximum absolute atomic E-state index is 12.1. The number of pyridine rings is 1. The molecule has 1 heterocycles. The third-order valence-electron chi connectivity index (χ3n) is 2.69. The molecule has 3 N–H and O–H groups in total. The Morgan fingerprint density at radius 3 is 2.71 bits per heavy atom. The standard InChI is InChI=1S/C14H12ClN3O2S/c1-20-12-6-8(13(16)21)2-4-10(12)18-14(19)11-5-3-9(15)7-17-11/h2-7H,1H3,(H2,16,21)(H,18,19). The number of nitrogens with zero attached hydrogens (tertiary/aromatic N) is 1. The van der Waals surface area contributed by atoms with Crippen molar-refractivity contribution in [3.05, 3.63) is 52.8 Å². The first-order chi connectivity index (χ1) is 10.0. The van der Waals surface area contributed by atoms with Crippen molar-refractivity contribution in [3.8, 4) is 5.75 Å². The monoisotopic (exact) mass is 321 g/mol.